The smallest absolute Gasteiger partial charge is 0.231 e. The predicted octanol–water partition coefficient (Wildman–Crippen LogP) is 2.57. The van der Waals surface area contributed by atoms with Gasteiger partial charge in [-0.1, -0.05) is 30.0 Å². The fourth-order valence-corrected chi connectivity index (χ4v) is 3.79. The molecule has 2 atom stereocenters. The molecule has 0 bridgehead atoms. The van der Waals surface area contributed by atoms with Crippen LogP contribution in [0.3, 0.4) is 0 Å². The van der Waals surface area contributed by atoms with E-state index in [9.17, 15) is 4.79 Å². The Morgan fingerprint density at radius 2 is 2.33 bits per heavy atom. The van der Waals surface area contributed by atoms with E-state index in [0.29, 0.717) is 11.7 Å². The Kier molecular flexibility index (Phi) is 5.40. The van der Waals surface area contributed by atoms with Crippen molar-refractivity contribution in [2.45, 2.75) is 43.6 Å². The van der Waals surface area contributed by atoms with Gasteiger partial charge in [0.15, 0.2) is 0 Å². The summed E-state index contributed by atoms with van der Waals surface area (Å²) < 4.78 is 13.1. The molecule has 0 radical (unpaired) electrons. The van der Waals surface area contributed by atoms with Crippen LogP contribution in [0.2, 0.25) is 0 Å². The number of carbonyl (C=O) groups is 1. The van der Waals surface area contributed by atoms with Crippen LogP contribution in [0.4, 0.5) is 0 Å². The third-order valence-electron chi connectivity index (χ3n) is 4.48. The van der Waals surface area contributed by atoms with E-state index in [2.05, 4.69) is 20.8 Å². The Bertz CT molecular complexity index is 886. The monoisotopic (exact) mass is 387 g/mol. The third kappa shape index (κ3) is 4.30. The molecule has 0 saturated carbocycles. The highest BCUT2D eigenvalue weighted by Gasteiger charge is 2.20. The van der Waals surface area contributed by atoms with Crippen molar-refractivity contribution in [2.75, 3.05) is 12.4 Å². The van der Waals surface area contributed by atoms with Gasteiger partial charge in [0, 0.05) is 12.0 Å². The number of para-hydroxylation sites is 1. The highest BCUT2D eigenvalue weighted by molar-refractivity contribution is 7.99. The maximum atomic E-state index is 12.3. The number of hydrogen-bond donors (Lipinski definition) is 1. The van der Waals surface area contributed by atoms with Gasteiger partial charge in [0.25, 0.3) is 0 Å². The molecular formula is C18H21N5O3S. The molecule has 1 saturated heterocycles. The molecule has 1 aliphatic heterocycles. The molecule has 1 aliphatic rings. The average Bonchev–Trinajstić information content (AvgIpc) is 3.41. The van der Waals surface area contributed by atoms with Gasteiger partial charge in [0.05, 0.1) is 24.4 Å². The van der Waals surface area contributed by atoms with Crippen molar-refractivity contribution >= 4 is 28.6 Å². The maximum absolute atomic E-state index is 12.3. The molecule has 9 heteroatoms. The summed E-state index contributed by atoms with van der Waals surface area (Å²) in [7, 11) is 0. The number of furan rings is 1. The lowest BCUT2D eigenvalue weighted by atomic mass is 10.2. The SMILES string of the molecule is C[C@@H](NC(=O)CSc1nnnn1C[C@H]1CCCO1)c1cc2ccccc2o1. The number of hydrogen-bond acceptors (Lipinski definition) is 7. The first-order valence-corrected chi connectivity index (χ1v) is 9.96. The molecular weight excluding hydrogens is 366 g/mol. The van der Waals surface area contributed by atoms with Crippen molar-refractivity contribution in [3.05, 3.63) is 36.1 Å². The van der Waals surface area contributed by atoms with Crippen LogP contribution in [-0.2, 0) is 16.1 Å². The number of tetrazole rings is 1. The lowest BCUT2D eigenvalue weighted by Crippen LogP contribution is -2.28. The molecule has 1 amide bonds. The molecule has 8 nitrogen and oxygen atoms in total. The minimum Gasteiger partial charge on any atom is -0.459 e. The Morgan fingerprint density at radius 1 is 1.44 bits per heavy atom. The summed E-state index contributed by atoms with van der Waals surface area (Å²) in [6, 6.07) is 9.53. The number of rotatable bonds is 7. The molecule has 3 heterocycles. The van der Waals surface area contributed by atoms with Crippen molar-refractivity contribution in [3.8, 4) is 0 Å². The van der Waals surface area contributed by atoms with Crippen LogP contribution >= 0.6 is 11.8 Å². The van der Waals surface area contributed by atoms with Crippen LogP contribution < -0.4 is 5.32 Å². The van der Waals surface area contributed by atoms with E-state index in [1.807, 2.05) is 37.3 Å². The number of ether oxygens (including phenoxy) is 1. The lowest BCUT2D eigenvalue weighted by molar-refractivity contribution is -0.119. The van der Waals surface area contributed by atoms with E-state index in [1.54, 1.807) is 4.68 Å². The maximum Gasteiger partial charge on any atom is 0.231 e. The topological polar surface area (TPSA) is 95.1 Å². The Morgan fingerprint density at radius 3 is 3.15 bits per heavy atom. The van der Waals surface area contributed by atoms with Crippen molar-refractivity contribution < 1.29 is 13.9 Å². The van der Waals surface area contributed by atoms with Crippen molar-refractivity contribution in [2.24, 2.45) is 0 Å². The van der Waals surface area contributed by atoms with Crippen molar-refractivity contribution in [3.63, 3.8) is 0 Å². The summed E-state index contributed by atoms with van der Waals surface area (Å²) in [5.74, 6) is 0.869. The Balaban J connectivity index is 1.31. The van der Waals surface area contributed by atoms with Crippen molar-refractivity contribution in [1.29, 1.82) is 0 Å². The fraction of sp³-hybridized carbons (Fsp3) is 0.444. The highest BCUT2D eigenvalue weighted by Crippen LogP contribution is 2.24. The number of nitrogens with one attached hydrogen (secondary N) is 1. The van der Waals surface area contributed by atoms with E-state index in [1.165, 1.54) is 11.8 Å². The average molecular weight is 387 g/mol. The molecule has 0 aliphatic carbocycles. The van der Waals surface area contributed by atoms with Gasteiger partial charge in [-0.25, -0.2) is 4.68 Å². The zero-order valence-corrected chi connectivity index (χ0v) is 15.8. The van der Waals surface area contributed by atoms with Gasteiger partial charge >= 0.3 is 0 Å². The number of amides is 1. The van der Waals surface area contributed by atoms with E-state index in [-0.39, 0.29) is 23.8 Å². The van der Waals surface area contributed by atoms with Gasteiger partial charge in [-0.15, -0.1) is 5.10 Å². The van der Waals surface area contributed by atoms with Crippen LogP contribution in [0.1, 0.15) is 31.6 Å². The van der Waals surface area contributed by atoms with Crippen LogP contribution in [0.5, 0.6) is 0 Å². The second kappa shape index (κ2) is 8.10. The Labute approximate surface area is 160 Å². The summed E-state index contributed by atoms with van der Waals surface area (Å²) in [5, 5.41) is 16.3. The molecule has 27 heavy (non-hydrogen) atoms. The number of fused-ring (bicyclic) bond motifs is 1. The summed E-state index contributed by atoms with van der Waals surface area (Å²) in [4.78, 5) is 12.3. The normalized spacial score (nSPS) is 18.0. The summed E-state index contributed by atoms with van der Waals surface area (Å²) >= 11 is 1.32. The third-order valence-corrected chi connectivity index (χ3v) is 5.44. The second-order valence-corrected chi connectivity index (χ2v) is 7.49. The number of nitrogens with zero attached hydrogens (tertiary/aromatic N) is 4. The molecule has 0 unspecified atom stereocenters. The van der Waals surface area contributed by atoms with Gasteiger partial charge in [-0.05, 0) is 42.3 Å². The second-order valence-electron chi connectivity index (χ2n) is 6.54. The van der Waals surface area contributed by atoms with Gasteiger partial charge < -0.3 is 14.5 Å². The first-order valence-electron chi connectivity index (χ1n) is 8.97. The van der Waals surface area contributed by atoms with E-state index in [0.717, 1.165) is 36.2 Å². The van der Waals surface area contributed by atoms with E-state index < -0.39 is 0 Å². The minimum atomic E-state index is -0.214. The molecule has 0 spiro atoms. The van der Waals surface area contributed by atoms with Crippen LogP contribution in [-0.4, -0.2) is 44.6 Å². The first kappa shape index (κ1) is 18.0. The van der Waals surface area contributed by atoms with Gasteiger partial charge in [-0.3, -0.25) is 4.79 Å². The zero-order valence-electron chi connectivity index (χ0n) is 15.0. The lowest BCUT2D eigenvalue weighted by Gasteiger charge is -2.12. The number of thioether (sulfide) groups is 1. The zero-order chi connectivity index (χ0) is 18.6. The standard InChI is InChI=1S/C18H21N5O3S/c1-12(16-9-13-5-2-3-7-15(13)26-16)19-17(24)11-27-18-20-21-22-23(18)10-14-6-4-8-25-14/h2-3,5,7,9,12,14H,4,6,8,10-11H2,1H3,(H,19,24)/t12-,14-/m1/s1. The summed E-state index contributed by atoms with van der Waals surface area (Å²) in [5.41, 5.74) is 0.816. The number of benzene rings is 1. The van der Waals surface area contributed by atoms with Crippen molar-refractivity contribution in [1.82, 2.24) is 25.5 Å². The molecule has 142 valence electrons. The number of carbonyl (C=O) groups excluding carboxylic acids is 1. The first-order chi connectivity index (χ1) is 13.2. The quantitative estimate of drug-likeness (QED) is 0.623. The van der Waals surface area contributed by atoms with Gasteiger partial charge in [-0.2, -0.15) is 0 Å². The molecule has 2 aromatic heterocycles. The highest BCUT2D eigenvalue weighted by atomic mass is 32.2. The van der Waals surface area contributed by atoms with E-state index >= 15 is 0 Å². The Hall–Kier alpha value is -2.39. The van der Waals surface area contributed by atoms with Crippen LogP contribution in [0, 0.1) is 0 Å². The summed E-state index contributed by atoms with van der Waals surface area (Å²) in [6.07, 6.45) is 2.23. The molecule has 3 aromatic rings. The minimum absolute atomic E-state index is 0.0976. The number of aromatic nitrogens is 4. The van der Waals surface area contributed by atoms with Gasteiger partial charge in [0.1, 0.15) is 11.3 Å². The van der Waals surface area contributed by atoms with Crippen LogP contribution in [0.25, 0.3) is 11.0 Å². The van der Waals surface area contributed by atoms with Gasteiger partial charge in [0.2, 0.25) is 11.1 Å². The molecule has 4 rings (SSSR count). The molecule has 1 aromatic carbocycles. The van der Waals surface area contributed by atoms with Crippen LogP contribution in [0.15, 0.2) is 39.9 Å². The fourth-order valence-electron chi connectivity index (χ4n) is 3.10. The largest absolute Gasteiger partial charge is 0.459 e. The summed E-state index contributed by atoms with van der Waals surface area (Å²) in [6.45, 7) is 3.31. The molecule has 1 fully saturated rings. The molecule has 1 N–H and O–H groups in total. The predicted molar refractivity (Wildman–Crippen MR) is 100 cm³/mol. The van der Waals surface area contributed by atoms with E-state index in [4.69, 9.17) is 9.15 Å².